The van der Waals surface area contributed by atoms with E-state index < -0.39 is 28.8 Å². The van der Waals surface area contributed by atoms with Crippen molar-refractivity contribution in [3.8, 4) is 17.5 Å². The van der Waals surface area contributed by atoms with E-state index in [4.69, 9.17) is 5.73 Å². The Bertz CT molecular complexity index is 1120. The van der Waals surface area contributed by atoms with Crippen LogP contribution in [-0.4, -0.2) is 72.5 Å². The molecule has 1 aromatic carbocycles. The zero-order valence-electron chi connectivity index (χ0n) is 17.3. The fourth-order valence-electron chi connectivity index (χ4n) is 3.89. The van der Waals surface area contributed by atoms with E-state index in [9.17, 15) is 19.2 Å². The van der Waals surface area contributed by atoms with Crippen LogP contribution in [0.15, 0.2) is 24.3 Å². The van der Waals surface area contributed by atoms with Gasteiger partial charge in [-0.3, -0.25) is 9.59 Å². The molecule has 9 nitrogen and oxygen atoms in total. The Kier molecular flexibility index (Phi) is 5.53. The first-order valence-corrected chi connectivity index (χ1v) is 11.3. The summed E-state index contributed by atoms with van der Waals surface area (Å²) in [5.41, 5.74) is 6.84. The van der Waals surface area contributed by atoms with Gasteiger partial charge < -0.3 is 20.3 Å². The predicted octanol–water partition coefficient (Wildman–Crippen LogP) is -0.432. The topological polar surface area (TPSA) is 128 Å². The Morgan fingerprint density at radius 3 is 2.81 bits per heavy atom. The second kappa shape index (κ2) is 8.01. The number of aromatic nitrogens is 2. The Labute approximate surface area is 183 Å². The van der Waals surface area contributed by atoms with Crippen LogP contribution in [0.4, 0.5) is 0 Å². The zero-order chi connectivity index (χ0) is 22.3. The molecule has 2 aliphatic heterocycles. The fourth-order valence-corrected chi connectivity index (χ4v) is 4.55. The molecule has 2 amide bonds. The molecule has 2 aliphatic rings. The molecule has 10 heteroatoms. The molecule has 3 N–H and O–H groups in total. The van der Waals surface area contributed by atoms with Gasteiger partial charge in [0.2, 0.25) is 5.60 Å². The van der Waals surface area contributed by atoms with Crippen LogP contribution >= 0.6 is 0 Å². The average Bonchev–Trinajstić information content (AvgIpc) is 3.26. The van der Waals surface area contributed by atoms with E-state index in [-0.39, 0.29) is 12.1 Å². The van der Waals surface area contributed by atoms with Gasteiger partial charge in [0.05, 0.1) is 24.5 Å². The van der Waals surface area contributed by atoms with Crippen LogP contribution in [0.25, 0.3) is 5.69 Å². The fraction of sp³-hybridized carbons (Fsp3) is 0.381. The van der Waals surface area contributed by atoms with E-state index in [1.807, 2.05) is 6.07 Å². The molecular formula is C21H23N5O4S. The maximum Gasteiger partial charge on any atom is 0.269 e. The molecule has 1 fully saturated rings. The molecule has 0 radical (unpaired) electrons. The lowest BCUT2D eigenvalue weighted by molar-refractivity contribution is -0.137. The molecule has 0 bridgehead atoms. The molecule has 4 rings (SSSR count). The second-order valence-corrected chi connectivity index (χ2v) is 9.09. The number of likely N-dealkylation sites (tertiary alicyclic amines) is 1. The smallest absolute Gasteiger partial charge is 0.269 e. The van der Waals surface area contributed by atoms with Crippen molar-refractivity contribution in [3.63, 3.8) is 0 Å². The maximum atomic E-state index is 12.1. The highest BCUT2D eigenvalue weighted by Crippen LogP contribution is 2.27. The van der Waals surface area contributed by atoms with Gasteiger partial charge in [0.25, 0.3) is 11.8 Å². The molecule has 2 atom stereocenters. The third-order valence-corrected chi connectivity index (χ3v) is 6.67. The summed E-state index contributed by atoms with van der Waals surface area (Å²) < 4.78 is 15.3. The van der Waals surface area contributed by atoms with Crippen LogP contribution in [0, 0.1) is 11.8 Å². The van der Waals surface area contributed by atoms with Crippen molar-refractivity contribution >= 4 is 23.2 Å². The van der Waals surface area contributed by atoms with Gasteiger partial charge in [-0.1, -0.05) is 17.9 Å². The Morgan fingerprint density at radius 1 is 1.39 bits per heavy atom. The summed E-state index contributed by atoms with van der Waals surface area (Å²) in [6.45, 7) is 1.36. The quantitative estimate of drug-likeness (QED) is 0.491. The van der Waals surface area contributed by atoms with Gasteiger partial charge in [-0.25, -0.2) is 4.68 Å². The Balaban J connectivity index is 1.70. The van der Waals surface area contributed by atoms with E-state index in [0.717, 1.165) is 5.69 Å². The summed E-state index contributed by atoms with van der Waals surface area (Å²) in [6, 6.07) is 7.18. The molecule has 2 aromatic rings. The molecule has 31 heavy (non-hydrogen) atoms. The van der Waals surface area contributed by atoms with Crippen molar-refractivity contribution in [2.45, 2.75) is 25.0 Å². The number of rotatable bonds is 3. The summed E-state index contributed by atoms with van der Waals surface area (Å²) in [7, 11) is 1.63. The van der Waals surface area contributed by atoms with E-state index in [0.29, 0.717) is 42.9 Å². The number of nitrogens with zero attached hydrogens (tertiary/aromatic N) is 4. The lowest BCUT2D eigenvalue weighted by Gasteiger charge is -2.26. The minimum atomic E-state index is -1.67. The third-order valence-electron chi connectivity index (χ3n) is 5.63. The van der Waals surface area contributed by atoms with Gasteiger partial charge in [-0.05, 0) is 18.2 Å². The molecule has 0 saturated carbocycles. The lowest BCUT2D eigenvalue weighted by atomic mass is 10.0. The lowest BCUT2D eigenvalue weighted by Crippen LogP contribution is -2.37. The number of benzene rings is 1. The second-order valence-electron chi connectivity index (χ2n) is 7.72. The number of carbonyl (C=O) groups excluding carboxylic acids is 2. The molecular weight excluding hydrogens is 418 g/mol. The van der Waals surface area contributed by atoms with Crippen LogP contribution in [-0.2, 0) is 29.1 Å². The number of hydrogen-bond acceptors (Lipinski definition) is 6. The van der Waals surface area contributed by atoms with Crippen molar-refractivity contribution in [1.29, 1.82) is 0 Å². The third kappa shape index (κ3) is 3.93. The van der Waals surface area contributed by atoms with Gasteiger partial charge in [-0.2, -0.15) is 5.10 Å². The summed E-state index contributed by atoms with van der Waals surface area (Å²) in [5, 5.41) is 14.9. The normalized spacial score (nSPS) is 22.1. The number of nitrogens with two attached hydrogens (primary N) is 1. The number of likely N-dealkylation sites (N-methyl/N-ethyl adjacent to an activating group) is 1. The van der Waals surface area contributed by atoms with Crippen molar-refractivity contribution < 1.29 is 19.2 Å². The number of fused-ring (bicyclic) bond motifs is 1. The van der Waals surface area contributed by atoms with Gasteiger partial charge in [0.1, 0.15) is 6.26 Å². The number of aliphatic hydroxyl groups is 1. The first kappa shape index (κ1) is 21.4. The van der Waals surface area contributed by atoms with Gasteiger partial charge in [0.15, 0.2) is 5.69 Å². The van der Waals surface area contributed by atoms with Crippen LogP contribution in [0.2, 0.25) is 0 Å². The first-order valence-electron chi connectivity index (χ1n) is 9.80. The van der Waals surface area contributed by atoms with Crippen LogP contribution in [0.1, 0.15) is 33.7 Å². The summed E-state index contributed by atoms with van der Waals surface area (Å²) in [5.74, 6) is 4.56. The number of primary amides is 1. The molecule has 3 heterocycles. The van der Waals surface area contributed by atoms with Crippen LogP contribution < -0.4 is 5.73 Å². The van der Waals surface area contributed by atoms with E-state index in [2.05, 4.69) is 16.9 Å². The number of hydrogen-bond donors (Lipinski definition) is 2. The monoisotopic (exact) mass is 441 g/mol. The largest absolute Gasteiger partial charge is 0.598 e. The summed E-state index contributed by atoms with van der Waals surface area (Å²) in [4.78, 5) is 25.6. The van der Waals surface area contributed by atoms with Crippen molar-refractivity contribution in [2.75, 3.05) is 26.4 Å². The highest BCUT2D eigenvalue weighted by Gasteiger charge is 2.42. The van der Waals surface area contributed by atoms with Gasteiger partial charge in [0, 0.05) is 48.9 Å². The number of amides is 2. The molecule has 0 spiro atoms. The molecule has 1 unspecified atom stereocenters. The van der Waals surface area contributed by atoms with E-state index in [1.54, 1.807) is 40.5 Å². The highest BCUT2D eigenvalue weighted by atomic mass is 32.2. The van der Waals surface area contributed by atoms with Crippen molar-refractivity contribution in [3.05, 3.63) is 46.8 Å². The zero-order valence-corrected chi connectivity index (χ0v) is 18.1. The first-order chi connectivity index (χ1) is 14.7. The molecule has 162 valence electrons. The molecule has 0 aliphatic carbocycles. The van der Waals surface area contributed by atoms with Crippen LogP contribution in [0.5, 0.6) is 0 Å². The van der Waals surface area contributed by atoms with Crippen LogP contribution in [0.3, 0.4) is 0 Å². The standard InChI is InChI=1S/C21H23N5O4S/c1-24-11-9-21(29,20(24)28)8-6-14-4-3-5-15(12-14)26-17-7-10-25(31(2)30)13-16(17)18(23-26)19(22)27/h3-5,12,29H,7,9-11,13H2,1-2H3,(H2,22,27)/t21?,31-/m1/s1. The van der Waals surface area contributed by atoms with E-state index >= 15 is 0 Å². The van der Waals surface area contributed by atoms with Gasteiger partial charge in [-0.15, -0.1) is 4.31 Å². The van der Waals surface area contributed by atoms with Gasteiger partial charge >= 0.3 is 0 Å². The minimum absolute atomic E-state index is 0.163. The summed E-state index contributed by atoms with van der Waals surface area (Å²) in [6.07, 6.45) is 2.42. The summed E-state index contributed by atoms with van der Waals surface area (Å²) >= 11 is -1.16. The van der Waals surface area contributed by atoms with Crippen molar-refractivity contribution in [2.24, 2.45) is 5.73 Å². The predicted molar refractivity (Wildman–Crippen MR) is 114 cm³/mol. The highest BCUT2D eigenvalue weighted by molar-refractivity contribution is 7.88. The molecule has 1 saturated heterocycles. The number of carbonyl (C=O) groups is 2. The Morgan fingerprint density at radius 2 is 2.16 bits per heavy atom. The Hall–Kier alpha value is -2.84. The average molecular weight is 442 g/mol. The van der Waals surface area contributed by atoms with Crippen molar-refractivity contribution in [1.82, 2.24) is 19.0 Å². The SMILES string of the molecule is CN1CCC(O)(C#Cc2cccc(-n3nc(C(N)=O)c4c3CCN([S@@+](C)[O-])C4)c2)C1=O. The molecule has 1 aromatic heterocycles. The van der Waals surface area contributed by atoms with E-state index in [1.165, 1.54) is 4.90 Å². The minimum Gasteiger partial charge on any atom is -0.598 e. The maximum absolute atomic E-state index is 12.1.